The van der Waals surface area contributed by atoms with E-state index in [0.29, 0.717) is 6.04 Å². The normalized spacial score (nSPS) is 28.4. The molecule has 2 nitrogen and oxygen atoms in total. The van der Waals surface area contributed by atoms with Crippen molar-refractivity contribution < 1.29 is 0 Å². The zero-order valence-corrected chi connectivity index (χ0v) is 10.9. The lowest BCUT2D eigenvalue weighted by Gasteiger charge is -2.32. The van der Waals surface area contributed by atoms with Crippen molar-refractivity contribution in [3.05, 3.63) is 12.2 Å². The highest BCUT2D eigenvalue weighted by Gasteiger charge is 2.24. The molecular weight excluding hydrogens is 196 g/mol. The van der Waals surface area contributed by atoms with E-state index in [4.69, 9.17) is 5.73 Å². The van der Waals surface area contributed by atoms with Gasteiger partial charge in [0.25, 0.3) is 0 Å². The third-order valence-electron chi connectivity index (χ3n) is 3.84. The van der Waals surface area contributed by atoms with Gasteiger partial charge in [0.2, 0.25) is 0 Å². The highest BCUT2D eigenvalue weighted by Crippen LogP contribution is 2.30. The second-order valence-corrected chi connectivity index (χ2v) is 5.17. The van der Waals surface area contributed by atoms with E-state index in [-0.39, 0.29) is 0 Å². The minimum atomic E-state index is 0.540. The number of hydrogen-bond donors (Lipinski definition) is 2. The first-order chi connectivity index (χ1) is 7.77. The molecule has 0 bridgehead atoms. The van der Waals surface area contributed by atoms with Crippen LogP contribution in [0.1, 0.15) is 46.0 Å². The molecule has 1 saturated carbocycles. The van der Waals surface area contributed by atoms with Crippen molar-refractivity contribution in [2.24, 2.45) is 17.6 Å². The van der Waals surface area contributed by atoms with Crippen LogP contribution < -0.4 is 11.1 Å². The first-order valence-electron chi connectivity index (χ1n) is 6.82. The van der Waals surface area contributed by atoms with Crippen molar-refractivity contribution in [3.8, 4) is 0 Å². The van der Waals surface area contributed by atoms with Crippen molar-refractivity contribution in [1.82, 2.24) is 5.32 Å². The number of rotatable bonds is 6. The molecule has 16 heavy (non-hydrogen) atoms. The molecule has 0 heterocycles. The molecule has 94 valence electrons. The van der Waals surface area contributed by atoms with Crippen LogP contribution in [0.5, 0.6) is 0 Å². The molecule has 0 radical (unpaired) electrons. The van der Waals surface area contributed by atoms with Crippen LogP contribution in [-0.2, 0) is 0 Å². The summed E-state index contributed by atoms with van der Waals surface area (Å²) in [7, 11) is 0. The lowest BCUT2D eigenvalue weighted by Crippen LogP contribution is -2.43. The fourth-order valence-electron chi connectivity index (χ4n) is 2.65. The van der Waals surface area contributed by atoms with Gasteiger partial charge >= 0.3 is 0 Å². The van der Waals surface area contributed by atoms with Crippen LogP contribution in [0.3, 0.4) is 0 Å². The van der Waals surface area contributed by atoms with Gasteiger partial charge < -0.3 is 11.1 Å². The van der Waals surface area contributed by atoms with E-state index >= 15 is 0 Å². The largest absolute Gasteiger partial charge is 0.329 e. The molecule has 1 aliphatic rings. The van der Waals surface area contributed by atoms with Crippen LogP contribution in [0.15, 0.2) is 12.2 Å². The third kappa shape index (κ3) is 4.67. The number of hydrogen-bond acceptors (Lipinski definition) is 2. The Kier molecular flexibility index (Phi) is 6.74. The van der Waals surface area contributed by atoms with E-state index in [1.807, 2.05) is 0 Å². The Morgan fingerprint density at radius 1 is 1.31 bits per heavy atom. The number of nitrogens with two attached hydrogens (primary N) is 1. The van der Waals surface area contributed by atoms with Crippen LogP contribution >= 0.6 is 0 Å². The van der Waals surface area contributed by atoms with Gasteiger partial charge in [-0.15, -0.1) is 0 Å². The fraction of sp³-hybridized carbons (Fsp3) is 0.857. The Balaban J connectivity index is 2.24. The molecule has 0 spiro atoms. The average Bonchev–Trinajstić information content (AvgIpc) is 2.31. The molecular formula is C14H28N2. The zero-order valence-electron chi connectivity index (χ0n) is 10.9. The Labute approximate surface area is 101 Å². The Hall–Kier alpha value is -0.340. The molecule has 0 aromatic rings. The van der Waals surface area contributed by atoms with Gasteiger partial charge in [0.05, 0.1) is 0 Å². The molecule has 2 heteroatoms. The lowest BCUT2D eigenvalue weighted by atomic mass is 9.79. The first kappa shape index (κ1) is 13.7. The van der Waals surface area contributed by atoms with Crippen molar-refractivity contribution in [1.29, 1.82) is 0 Å². The Morgan fingerprint density at radius 3 is 2.56 bits per heavy atom. The number of nitrogens with one attached hydrogen (secondary N) is 1. The quantitative estimate of drug-likeness (QED) is 0.538. The van der Waals surface area contributed by atoms with Gasteiger partial charge in [-0.1, -0.05) is 31.9 Å². The maximum atomic E-state index is 5.87. The second kappa shape index (κ2) is 7.86. The van der Waals surface area contributed by atoms with Gasteiger partial charge in [0.1, 0.15) is 0 Å². The highest BCUT2D eigenvalue weighted by molar-refractivity contribution is 4.83. The SMILES string of the molecule is C/C=C/CCNC(CN)C1CCC(C)CC1. The Bertz CT molecular complexity index is 193. The van der Waals surface area contributed by atoms with Crippen LogP contribution in [0, 0.1) is 11.8 Å². The predicted octanol–water partition coefficient (Wildman–Crippen LogP) is 2.70. The molecule has 0 aliphatic heterocycles. The molecule has 3 N–H and O–H groups in total. The summed E-state index contributed by atoms with van der Waals surface area (Å²) in [5.41, 5.74) is 5.87. The van der Waals surface area contributed by atoms with E-state index in [9.17, 15) is 0 Å². The summed E-state index contributed by atoms with van der Waals surface area (Å²) < 4.78 is 0. The summed E-state index contributed by atoms with van der Waals surface area (Å²) in [5, 5.41) is 3.61. The minimum Gasteiger partial charge on any atom is -0.329 e. The average molecular weight is 224 g/mol. The third-order valence-corrected chi connectivity index (χ3v) is 3.84. The molecule has 1 unspecified atom stereocenters. The fourth-order valence-corrected chi connectivity index (χ4v) is 2.65. The minimum absolute atomic E-state index is 0.540. The van der Waals surface area contributed by atoms with Crippen molar-refractivity contribution in [2.45, 2.75) is 52.0 Å². The molecule has 0 aromatic carbocycles. The van der Waals surface area contributed by atoms with E-state index in [1.54, 1.807) is 0 Å². The van der Waals surface area contributed by atoms with Crippen molar-refractivity contribution in [3.63, 3.8) is 0 Å². The van der Waals surface area contributed by atoms with E-state index in [2.05, 4.69) is 31.3 Å². The topological polar surface area (TPSA) is 38.0 Å². The summed E-state index contributed by atoms with van der Waals surface area (Å²) in [6, 6.07) is 0.540. The highest BCUT2D eigenvalue weighted by atomic mass is 14.9. The first-order valence-corrected chi connectivity index (χ1v) is 6.82. The number of allylic oxidation sites excluding steroid dienone is 1. The summed E-state index contributed by atoms with van der Waals surface area (Å²) in [6.45, 7) is 6.29. The molecule has 0 saturated heterocycles. The molecule has 0 amide bonds. The molecule has 1 fully saturated rings. The maximum Gasteiger partial charge on any atom is 0.0218 e. The summed E-state index contributed by atoms with van der Waals surface area (Å²) in [5.74, 6) is 1.74. The van der Waals surface area contributed by atoms with Crippen LogP contribution in [0.4, 0.5) is 0 Å². The van der Waals surface area contributed by atoms with E-state index in [1.165, 1.54) is 25.7 Å². The maximum absolute atomic E-state index is 5.87. The Morgan fingerprint density at radius 2 is 2.00 bits per heavy atom. The molecule has 1 aliphatic carbocycles. The monoisotopic (exact) mass is 224 g/mol. The predicted molar refractivity (Wildman–Crippen MR) is 71.4 cm³/mol. The van der Waals surface area contributed by atoms with E-state index in [0.717, 1.165) is 31.3 Å². The zero-order chi connectivity index (χ0) is 11.8. The van der Waals surface area contributed by atoms with Crippen LogP contribution in [-0.4, -0.2) is 19.1 Å². The van der Waals surface area contributed by atoms with Crippen molar-refractivity contribution in [2.75, 3.05) is 13.1 Å². The summed E-state index contributed by atoms with van der Waals surface area (Å²) >= 11 is 0. The van der Waals surface area contributed by atoms with Crippen LogP contribution in [0.25, 0.3) is 0 Å². The molecule has 0 aromatic heterocycles. The second-order valence-electron chi connectivity index (χ2n) is 5.17. The van der Waals surface area contributed by atoms with Crippen LogP contribution in [0.2, 0.25) is 0 Å². The van der Waals surface area contributed by atoms with E-state index < -0.39 is 0 Å². The van der Waals surface area contributed by atoms with Gasteiger partial charge in [-0.3, -0.25) is 0 Å². The molecule has 1 rings (SSSR count). The standard InChI is InChI=1S/C14H28N2/c1-3-4-5-10-16-14(11-15)13-8-6-12(2)7-9-13/h3-4,12-14,16H,5-11,15H2,1-2H3/b4-3+. The summed E-state index contributed by atoms with van der Waals surface area (Å²) in [6.07, 6.45) is 10.9. The van der Waals surface area contributed by atoms with Crippen molar-refractivity contribution >= 4 is 0 Å². The van der Waals surface area contributed by atoms with Gasteiger partial charge in [-0.05, 0) is 44.6 Å². The lowest BCUT2D eigenvalue weighted by molar-refractivity contribution is 0.233. The van der Waals surface area contributed by atoms with Gasteiger partial charge in [-0.25, -0.2) is 0 Å². The summed E-state index contributed by atoms with van der Waals surface area (Å²) in [4.78, 5) is 0. The molecule has 1 atom stereocenters. The van der Waals surface area contributed by atoms with Gasteiger partial charge in [-0.2, -0.15) is 0 Å². The smallest absolute Gasteiger partial charge is 0.0218 e. The van der Waals surface area contributed by atoms with Gasteiger partial charge in [0, 0.05) is 12.6 Å². The van der Waals surface area contributed by atoms with Gasteiger partial charge in [0.15, 0.2) is 0 Å².